The van der Waals surface area contributed by atoms with Crippen LogP contribution < -0.4 is 5.73 Å². The molecule has 0 spiro atoms. The van der Waals surface area contributed by atoms with Crippen LogP contribution in [0.25, 0.3) is 11.4 Å². The zero-order valence-corrected chi connectivity index (χ0v) is 14.7. The van der Waals surface area contributed by atoms with Crippen LogP contribution in [0.5, 0.6) is 0 Å². The van der Waals surface area contributed by atoms with Gasteiger partial charge in [-0.2, -0.15) is 4.98 Å². The largest absolute Gasteiger partial charge is 0.339 e. The predicted molar refractivity (Wildman–Crippen MR) is 94.5 cm³/mol. The Morgan fingerprint density at radius 3 is 3.15 bits per heavy atom. The van der Waals surface area contributed by atoms with Gasteiger partial charge in [0.05, 0.1) is 18.7 Å². The van der Waals surface area contributed by atoms with Gasteiger partial charge in [0.25, 0.3) is 5.91 Å². The van der Waals surface area contributed by atoms with Gasteiger partial charge in [-0.3, -0.25) is 14.5 Å². The van der Waals surface area contributed by atoms with E-state index in [1.165, 1.54) is 0 Å². The van der Waals surface area contributed by atoms with Crippen LogP contribution in [0.1, 0.15) is 35.1 Å². The van der Waals surface area contributed by atoms with Gasteiger partial charge in [-0.15, -0.1) is 5.10 Å². The standard InChI is InChI=1S/C17H20N8O2/c18-5-8-25-11-14(21-23-25)17(26)24-7-2-4-13(10-24)16-20-15(22-27-16)12-3-1-6-19-9-12/h1,3,6,9,11,13H,2,4-5,7-8,10,18H2. The molecule has 4 heterocycles. The first-order valence-corrected chi connectivity index (χ1v) is 8.88. The molecule has 1 fully saturated rings. The topological polar surface area (TPSA) is 129 Å². The van der Waals surface area contributed by atoms with Crippen LogP contribution in [0, 0.1) is 0 Å². The number of pyridine rings is 1. The number of hydrogen-bond donors (Lipinski definition) is 1. The van der Waals surface area contributed by atoms with E-state index in [2.05, 4.69) is 25.4 Å². The summed E-state index contributed by atoms with van der Waals surface area (Å²) in [4.78, 5) is 23.1. The minimum absolute atomic E-state index is 0.000270. The Morgan fingerprint density at radius 1 is 1.41 bits per heavy atom. The van der Waals surface area contributed by atoms with Crippen molar-refractivity contribution in [2.24, 2.45) is 5.73 Å². The predicted octanol–water partition coefficient (Wildman–Crippen LogP) is 0.702. The fourth-order valence-corrected chi connectivity index (χ4v) is 3.18. The van der Waals surface area contributed by atoms with Gasteiger partial charge < -0.3 is 15.2 Å². The summed E-state index contributed by atoms with van der Waals surface area (Å²) in [5.41, 5.74) is 6.63. The normalized spacial score (nSPS) is 17.2. The van der Waals surface area contributed by atoms with E-state index >= 15 is 0 Å². The number of nitrogens with two attached hydrogens (primary N) is 1. The molecule has 4 rings (SSSR count). The van der Waals surface area contributed by atoms with Gasteiger partial charge in [0.2, 0.25) is 11.7 Å². The van der Waals surface area contributed by atoms with E-state index in [0.29, 0.717) is 43.6 Å². The lowest BCUT2D eigenvalue weighted by molar-refractivity contribution is 0.0689. The molecule has 0 radical (unpaired) electrons. The summed E-state index contributed by atoms with van der Waals surface area (Å²) in [7, 11) is 0. The molecule has 0 bridgehead atoms. The molecule has 27 heavy (non-hydrogen) atoms. The van der Waals surface area contributed by atoms with Crippen molar-refractivity contribution in [2.75, 3.05) is 19.6 Å². The highest BCUT2D eigenvalue weighted by molar-refractivity contribution is 5.92. The van der Waals surface area contributed by atoms with Crippen molar-refractivity contribution in [3.63, 3.8) is 0 Å². The van der Waals surface area contributed by atoms with Crippen molar-refractivity contribution in [3.8, 4) is 11.4 Å². The Balaban J connectivity index is 1.46. The number of rotatable bonds is 5. The number of aromatic nitrogens is 6. The fourth-order valence-electron chi connectivity index (χ4n) is 3.18. The molecule has 1 atom stereocenters. The van der Waals surface area contributed by atoms with E-state index in [4.69, 9.17) is 10.3 Å². The van der Waals surface area contributed by atoms with Crippen LogP contribution in [0.2, 0.25) is 0 Å². The van der Waals surface area contributed by atoms with E-state index < -0.39 is 0 Å². The van der Waals surface area contributed by atoms with E-state index in [1.807, 2.05) is 12.1 Å². The molecule has 1 aliphatic rings. The SMILES string of the molecule is NCCn1cc(C(=O)N2CCCC(c3nc(-c4cccnc4)no3)C2)nn1. The second kappa shape index (κ2) is 7.62. The third kappa shape index (κ3) is 3.70. The molecular weight excluding hydrogens is 348 g/mol. The van der Waals surface area contributed by atoms with Crippen LogP contribution in [-0.2, 0) is 6.54 Å². The van der Waals surface area contributed by atoms with Crippen molar-refractivity contribution in [1.82, 2.24) is 35.0 Å². The first-order chi connectivity index (χ1) is 13.2. The lowest BCUT2D eigenvalue weighted by Gasteiger charge is -2.30. The van der Waals surface area contributed by atoms with Crippen LogP contribution in [0.3, 0.4) is 0 Å². The first-order valence-electron chi connectivity index (χ1n) is 8.88. The van der Waals surface area contributed by atoms with Crippen molar-refractivity contribution >= 4 is 5.91 Å². The molecule has 1 saturated heterocycles. The molecule has 0 aliphatic carbocycles. The zero-order valence-electron chi connectivity index (χ0n) is 14.7. The highest BCUT2D eigenvalue weighted by atomic mass is 16.5. The summed E-state index contributed by atoms with van der Waals surface area (Å²) in [5, 5.41) is 11.9. The quantitative estimate of drug-likeness (QED) is 0.697. The molecule has 0 aromatic carbocycles. The molecule has 2 N–H and O–H groups in total. The van der Waals surface area contributed by atoms with Gasteiger partial charge in [0.1, 0.15) is 0 Å². The number of piperidine rings is 1. The minimum Gasteiger partial charge on any atom is -0.339 e. The Kier molecular flexibility index (Phi) is 4.88. The summed E-state index contributed by atoms with van der Waals surface area (Å²) < 4.78 is 7.03. The van der Waals surface area contributed by atoms with E-state index in [0.717, 1.165) is 18.4 Å². The number of likely N-dealkylation sites (tertiary alicyclic amines) is 1. The molecule has 3 aromatic heterocycles. The lowest BCUT2D eigenvalue weighted by Crippen LogP contribution is -2.39. The van der Waals surface area contributed by atoms with Gasteiger partial charge in [-0.1, -0.05) is 10.4 Å². The molecule has 1 unspecified atom stereocenters. The maximum absolute atomic E-state index is 12.7. The third-order valence-corrected chi connectivity index (χ3v) is 4.54. The summed E-state index contributed by atoms with van der Waals surface area (Å²) in [6.45, 7) is 2.15. The third-order valence-electron chi connectivity index (χ3n) is 4.54. The second-order valence-corrected chi connectivity index (χ2v) is 6.44. The molecule has 0 saturated carbocycles. The van der Waals surface area contributed by atoms with Gasteiger partial charge in [0.15, 0.2) is 5.69 Å². The van der Waals surface area contributed by atoms with E-state index in [9.17, 15) is 4.79 Å². The minimum atomic E-state index is -0.144. The highest BCUT2D eigenvalue weighted by Crippen LogP contribution is 2.28. The van der Waals surface area contributed by atoms with Crippen molar-refractivity contribution in [1.29, 1.82) is 0 Å². The lowest BCUT2D eigenvalue weighted by atomic mass is 9.97. The number of amides is 1. The van der Waals surface area contributed by atoms with Crippen molar-refractivity contribution in [3.05, 3.63) is 42.3 Å². The van der Waals surface area contributed by atoms with Gasteiger partial charge >= 0.3 is 0 Å². The monoisotopic (exact) mass is 368 g/mol. The molecule has 3 aromatic rings. The number of hydrogen-bond acceptors (Lipinski definition) is 8. The van der Waals surface area contributed by atoms with E-state index in [-0.39, 0.29) is 11.8 Å². The van der Waals surface area contributed by atoms with Crippen LogP contribution in [-0.4, -0.2) is 60.6 Å². The highest BCUT2D eigenvalue weighted by Gasteiger charge is 2.30. The van der Waals surface area contributed by atoms with Crippen LogP contribution >= 0.6 is 0 Å². The maximum atomic E-state index is 12.7. The molecule has 140 valence electrons. The molecule has 1 amide bonds. The molecular formula is C17H20N8O2. The van der Waals surface area contributed by atoms with Crippen molar-refractivity contribution in [2.45, 2.75) is 25.3 Å². The van der Waals surface area contributed by atoms with Gasteiger partial charge in [-0.25, -0.2) is 0 Å². The summed E-state index contributed by atoms with van der Waals surface area (Å²) >= 11 is 0. The summed E-state index contributed by atoms with van der Waals surface area (Å²) in [6, 6.07) is 3.70. The van der Waals surface area contributed by atoms with Crippen molar-refractivity contribution < 1.29 is 9.32 Å². The Morgan fingerprint density at radius 2 is 2.33 bits per heavy atom. The summed E-state index contributed by atoms with van der Waals surface area (Å²) in [6.07, 6.45) is 6.76. The Bertz CT molecular complexity index is 907. The number of nitrogens with zero attached hydrogens (tertiary/aromatic N) is 7. The molecule has 10 nitrogen and oxygen atoms in total. The number of carbonyl (C=O) groups is 1. The summed E-state index contributed by atoms with van der Waals surface area (Å²) in [5.74, 6) is 0.902. The average Bonchev–Trinajstić information content (AvgIpc) is 3.39. The van der Waals surface area contributed by atoms with E-state index in [1.54, 1.807) is 28.2 Å². The van der Waals surface area contributed by atoms with Crippen LogP contribution in [0.4, 0.5) is 0 Å². The first kappa shape index (κ1) is 17.3. The molecule has 1 aliphatic heterocycles. The smallest absolute Gasteiger partial charge is 0.276 e. The Hall–Kier alpha value is -3.14. The number of carbonyl (C=O) groups excluding carboxylic acids is 1. The molecule has 10 heteroatoms. The van der Waals surface area contributed by atoms with Crippen LogP contribution in [0.15, 0.2) is 35.2 Å². The Labute approximate surface area is 155 Å². The average molecular weight is 368 g/mol. The van der Waals surface area contributed by atoms with Gasteiger partial charge in [0, 0.05) is 37.6 Å². The van der Waals surface area contributed by atoms with Gasteiger partial charge in [-0.05, 0) is 25.0 Å². The maximum Gasteiger partial charge on any atom is 0.276 e. The zero-order chi connectivity index (χ0) is 18.6. The second-order valence-electron chi connectivity index (χ2n) is 6.44. The fraction of sp³-hybridized carbons (Fsp3) is 0.412.